The summed E-state index contributed by atoms with van der Waals surface area (Å²) < 4.78 is 17.9. The average molecular weight is 346 g/mol. The van der Waals surface area contributed by atoms with E-state index in [0.29, 0.717) is 17.8 Å². The normalized spacial score (nSPS) is 11.8. The zero-order valence-electron chi connectivity index (χ0n) is 13.6. The summed E-state index contributed by atoms with van der Waals surface area (Å²) in [5, 5.41) is 11.2. The van der Waals surface area contributed by atoms with E-state index in [-0.39, 0.29) is 0 Å². The molecule has 0 aliphatic heterocycles. The molecule has 0 fully saturated rings. The lowest BCUT2D eigenvalue weighted by molar-refractivity contribution is 0.114. The standard InChI is InChI=1S/C14H18N6O3Si/c1-21-24(22-2,23-3)10-20-9-16-14(19-20)12-6-4-11(5-7-12)13-15-8-17-18-13/h4-9H,10H2,1-3H3,(H,15,17,18). The minimum atomic E-state index is -2.75. The van der Waals surface area contributed by atoms with Gasteiger partial charge in [0.1, 0.15) is 18.8 Å². The summed E-state index contributed by atoms with van der Waals surface area (Å²) in [4.78, 5) is 8.46. The van der Waals surface area contributed by atoms with Crippen molar-refractivity contribution in [3.05, 3.63) is 36.9 Å². The number of nitrogens with one attached hydrogen (secondary N) is 1. The van der Waals surface area contributed by atoms with Gasteiger partial charge in [-0.3, -0.25) is 5.10 Å². The first kappa shape index (κ1) is 16.5. The molecule has 0 bridgehead atoms. The Morgan fingerprint density at radius 2 is 1.58 bits per heavy atom. The first-order valence-corrected chi connectivity index (χ1v) is 9.14. The highest BCUT2D eigenvalue weighted by atomic mass is 28.4. The molecule has 3 aromatic rings. The summed E-state index contributed by atoms with van der Waals surface area (Å²) in [7, 11) is 1.95. The highest BCUT2D eigenvalue weighted by molar-refractivity contribution is 6.59. The van der Waals surface area contributed by atoms with Crippen LogP contribution in [-0.2, 0) is 19.4 Å². The molecule has 3 rings (SSSR count). The van der Waals surface area contributed by atoms with E-state index < -0.39 is 8.80 Å². The molecule has 9 nitrogen and oxygen atoms in total. The van der Waals surface area contributed by atoms with Gasteiger partial charge in [-0.15, -0.1) is 0 Å². The topological polar surface area (TPSA) is 100.0 Å². The van der Waals surface area contributed by atoms with Crippen LogP contribution < -0.4 is 0 Å². The Balaban J connectivity index is 1.78. The fraction of sp³-hybridized carbons (Fsp3) is 0.286. The summed E-state index contributed by atoms with van der Waals surface area (Å²) in [5.74, 6) is 1.26. The molecule has 24 heavy (non-hydrogen) atoms. The van der Waals surface area contributed by atoms with Gasteiger partial charge in [-0.25, -0.2) is 14.6 Å². The molecule has 0 amide bonds. The lowest BCUT2D eigenvalue weighted by Crippen LogP contribution is -2.47. The maximum atomic E-state index is 5.40. The first-order chi connectivity index (χ1) is 11.7. The lowest BCUT2D eigenvalue weighted by atomic mass is 10.1. The molecule has 10 heteroatoms. The maximum absolute atomic E-state index is 5.40. The van der Waals surface area contributed by atoms with Crippen LogP contribution >= 0.6 is 0 Å². The van der Waals surface area contributed by atoms with Gasteiger partial charge in [0, 0.05) is 32.5 Å². The van der Waals surface area contributed by atoms with Gasteiger partial charge < -0.3 is 13.3 Å². The second kappa shape index (κ2) is 7.01. The molecular weight excluding hydrogens is 328 g/mol. The van der Waals surface area contributed by atoms with E-state index in [1.54, 1.807) is 38.7 Å². The molecule has 0 atom stereocenters. The molecule has 2 aromatic heterocycles. The van der Waals surface area contributed by atoms with E-state index in [1.807, 2.05) is 24.3 Å². The molecule has 0 aliphatic rings. The van der Waals surface area contributed by atoms with Crippen molar-refractivity contribution in [3.8, 4) is 22.8 Å². The monoisotopic (exact) mass is 346 g/mol. The second-order valence-electron chi connectivity index (χ2n) is 4.96. The zero-order chi connectivity index (χ0) is 17.0. The Kier molecular flexibility index (Phi) is 4.80. The van der Waals surface area contributed by atoms with E-state index in [1.165, 1.54) is 0 Å². The zero-order valence-corrected chi connectivity index (χ0v) is 14.6. The van der Waals surface area contributed by atoms with Crippen LogP contribution in [0.2, 0.25) is 0 Å². The third kappa shape index (κ3) is 3.26. The molecule has 0 aliphatic carbocycles. The third-order valence-corrected chi connectivity index (χ3v) is 6.22. The van der Waals surface area contributed by atoms with Gasteiger partial charge in [-0.1, -0.05) is 24.3 Å². The van der Waals surface area contributed by atoms with Gasteiger partial charge in [-0.2, -0.15) is 10.2 Å². The first-order valence-electron chi connectivity index (χ1n) is 7.21. The molecule has 0 saturated carbocycles. The number of rotatable bonds is 7. The molecule has 2 heterocycles. The van der Waals surface area contributed by atoms with Gasteiger partial charge in [0.25, 0.3) is 0 Å². The Labute approximate surface area is 140 Å². The summed E-state index contributed by atoms with van der Waals surface area (Å²) in [6.07, 6.45) is 3.57. The molecular formula is C14H18N6O3Si. The van der Waals surface area contributed by atoms with Crippen molar-refractivity contribution in [3.63, 3.8) is 0 Å². The van der Waals surface area contributed by atoms with Crippen LogP contribution in [0.5, 0.6) is 0 Å². The van der Waals surface area contributed by atoms with E-state index in [0.717, 1.165) is 11.1 Å². The highest BCUT2D eigenvalue weighted by Crippen LogP contribution is 2.20. The Bertz CT molecular complexity index is 762. The molecule has 0 radical (unpaired) electrons. The van der Waals surface area contributed by atoms with E-state index in [2.05, 4.69) is 25.3 Å². The van der Waals surface area contributed by atoms with Gasteiger partial charge >= 0.3 is 8.80 Å². The SMILES string of the molecule is CO[Si](Cn1cnc(-c2ccc(-c3nc[nH]n3)cc2)n1)(OC)OC. The number of hydrogen-bond acceptors (Lipinski definition) is 7. The van der Waals surface area contributed by atoms with Crippen molar-refractivity contribution >= 4 is 8.80 Å². The number of aromatic nitrogens is 6. The third-order valence-electron chi connectivity index (χ3n) is 3.64. The number of nitrogens with zero attached hydrogens (tertiary/aromatic N) is 5. The van der Waals surface area contributed by atoms with Gasteiger partial charge in [-0.05, 0) is 0 Å². The summed E-state index contributed by atoms with van der Waals surface area (Å²) >= 11 is 0. The minimum absolute atomic E-state index is 0.388. The predicted molar refractivity (Wildman–Crippen MR) is 87.6 cm³/mol. The minimum Gasteiger partial charge on any atom is -0.376 e. The van der Waals surface area contributed by atoms with Crippen LogP contribution in [0, 0.1) is 0 Å². The van der Waals surface area contributed by atoms with Gasteiger partial charge in [0.2, 0.25) is 0 Å². The van der Waals surface area contributed by atoms with Crippen LogP contribution in [0.4, 0.5) is 0 Å². The largest absolute Gasteiger partial charge is 0.522 e. The van der Waals surface area contributed by atoms with Crippen LogP contribution in [0.1, 0.15) is 0 Å². The number of H-pyrrole nitrogens is 1. The highest BCUT2D eigenvalue weighted by Gasteiger charge is 2.39. The van der Waals surface area contributed by atoms with Crippen molar-refractivity contribution in [2.45, 2.75) is 6.17 Å². The molecule has 0 spiro atoms. The number of aromatic amines is 1. The van der Waals surface area contributed by atoms with Gasteiger partial charge in [0.05, 0.1) is 0 Å². The Morgan fingerprint density at radius 3 is 2.12 bits per heavy atom. The Morgan fingerprint density at radius 1 is 0.958 bits per heavy atom. The van der Waals surface area contributed by atoms with Crippen LogP contribution in [-0.4, -0.2) is 60.1 Å². The van der Waals surface area contributed by atoms with E-state index in [4.69, 9.17) is 13.3 Å². The van der Waals surface area contributed by atoms with E-state index in [9.17, 15) is 0 Å². The fourth-order valence-corrected chi connectivity index (χ4v) is 3.70. The van der Waals surface area contributed by atoms with Gasteiger partial charge in [0.15, 0.2) is 11.6 Å². The van der Waals surface area contributed by atoms with Crippen LogP contribution in [0.25, 0.3) is 22.8 Å². The van der Waals surface area contributed by atoms with Crippen molar-refractivity contribution < 1.29 is 13.3 Å². The lowest BCUT2D eigenvalue weighted by Gasteiger charge is -2.23. The van der Waals surface area contributed by atoms with Crippen molar-refractivity contribution in [2.75, 3.05) is 21.3 Å². The summed E-state index contributed by atoms with van der Waals surface area (Å²) in [5.41, 5.74) is 1.82. The molecule has 1 aromatic carbocycles. The molecule has 1 N–H and O–H groups in total. The van der Waals surface area contributed by atoms with Crippen LogP contribution in [0.3, 0.4) is 0 Å². The predicted octanol–water partition coefficient (Wildman–Crippen LogP) is 1.15. The number of benzene rings is 1. The second-order valence-corrected chi connectivity index (χ2v) is 7.87. The number of hydrogen-bond donors (Lipinski definition) is 1. The molecule has 0 saturated heterocycles. The summed E-state index contributed by atoms with van der Waals surface area (Å²) in [6, 6.07) is 7.72. The molecule has 0 unspecified atom stereocenters. The Hall–Kier alpha value is -2.40. The quantitative estimate of drug-likeness (QED) is 0.640. The van der Waals surface area contributed by atoms with Crippen molar-refractivity contribution in [1.29, 1.82) is 0 Å². The average Bonchev–Trinajstić information content (AvgIpc) is 3.32. The van der Waals surface area contributed by atoms with E-state index >= 15 is 0 Å². The smallest absolute Gasteiger partial charge is 0.376 e. The summed E-state index contributed by atoms with van der Waals surface area (Å²) in [6.45, 7) is 0. The van der Waals surface area contributed by atoms with Crippen molar-refractivity contribution in [2.24, 2.45) is 0 Å². The maximum Gasteiger partial charge on any atom is 0.522 e. The molecule has 126 valence electrons. The fourth-order valence-electron chi connectivity index (χ4n) is 2.26. The van der Waals surface area contributed by atoms with Crippen LogP contribution in [0.15, 0.2) is 36.9 Å². The van der Waals surface area contributed by atoms with Crippen molar-refractivity contribution in [1.82, 2.24) is 29.9 Å².